The Morgan fingerprint density at radius 2 is 1.50 bits per heavy atom. The molecule has 0 bridgehead atoms. The quantitative estimate of drug-likeness (QED) is 0.776. The molecule has 0 aromatic heterocycles. The molecule has 148 valence electrons. The average molecular weight is 383 g/mol. The van der Waals surface area contributed by atoms with Gasteiger partial charge in [-0.1, -0.05) is 24.3 Å². The van der Waals surface area contributed by atoms with E-state index < -0.39 is 11.8 Å². The van der Waals surface area contributed by atoms with Crippen LogP contribution in [0.2, 0.25) is 0 Å². The van der Waals surface area contributed by atoms with Crippen molar-refractivity contribution in [1.29, 1.82) is 0 Å². The maximum atomic E-state index is 12.5. The Morgan fingerprint density at radius 1 is 0.929 bits per heavy atom. The van der Waals surface area contributed by atoms with Gasteiger partial charge in [-0.15, -0.1) is 0 Å². The molecule has 1 fully saturated rings. The molecule has 0 unspecified atom stereocenters. The fourth-order valence-corrected chi connectivity index (χ4v) is 2.94. The predicted molar refractivity (Wildman–Crippen MR) is 109 cm³/mol. The topological polar surface area (TPSA) is 79.9 Å². The molecule has 1 heterocycles. The number of anilines is 3. The Morgan fingerprint density at radius 3 is 2.18 bits per heavy atom. The number of nitrogens with one attached hydrogen (secondary N) is 2. The maximum Gasteiger partial charge on any atom is 0.314 e. The SMILES string of the molecule is CC(C)Oc1ccccc1NC(=O)C(=O)Nc1ccccc1N1CCOCC1. The summed E-state index contributed by atoms with van der Waals surface area (Å²) in [6.07, 6.45) is -0.0488. The highest BCUT2D eigenvalue weighted by molar-refractivity contribution is 6.44. The van der Waals surface area contributed by atoms with Crippen LogP contribution in [0.15, 0.2) is 48.5 Å². The van der Waals surface area contributed by atoms with Gasteiger partial charge in [0.25, 0.3) is 0 Å². The van der Waals surface area contributed by atoms with Gasteiger partial charge in [-0.3, -0.25) is 9.59 Å². The van der Waals surface area contributed by atoms with Crippen molar-refractivity contribution in [3.8, 4) is 5.75 Å². The highest BCUT2D eigenvalue weighted by Gasteiger charge is 2.20. The lowest BCUT2D eigenvalue weighted by molar-refractivity contribution is -0.133. The third-order valence-corrected chi connectivity index (χ3v) is 4.21. The standard InChI is InChI=1S/C21H25N3O4/c1-15(2)28-19-10-6-4-8-17(19)23-21(26)20(25)22-16-7-3-5-9-18(16)24-11-13-27-14-12-24/h3-10,15H,11-14H2,1-2H3,(H,22,25)(H,23,26). The van der Waals surface area contributed by atoms with Crippen LogP contribution in [0.4, 0.5) is 17.1 Å². The summed E-state index contributed by atoms with van der Waals surface area (Å²) >= 11 is 0. The minimum Gasteiger partial charge on any atom is -0.489 e. The molecule has 2 aromatic carbocycles. The molecular formula is C21H25N3O4. The molecule has 0 spiro atoms. The summed E-state index contributed by atoms with van der Waals surface area (Å²) in [7, 11) is 0. The number of carbonyl (C=O) groups is 2. The Bertz CT molecular complexity index is 832. The van der Waals surface area contributed by atoms with Gasteiger partial charge in [0, 0.05) is 13.1 Å². The minimum absolute atomic E-state index is 0.0488. The van der Waals surface area contributed by atoms with Crippen LogP contribution in [-0.4, -0.2) is 44.2 Å². The second-order valence-corrected chi connectivity index (χ2v) is 6.69. The summed E-state index contributed by atoms with van der Waals surface area (Å²) < 4.78 is 11.1. The number of hydrogen-bond acceptors (Lipinski definition) is 5. The normalized spacial score (nSPS) is 13.9. The van der Waals surface area contributed by atoms with Gasteiger partial charge in [0.15, 0.2) is 0 Å². The van der Waals surface area contributed by atoms with Gasteiger partial charge in [0.05, 0.1) is 36.4 Å². The summed E-state index contributed by atoms with van der Waals surface area (Å²) in [6, 6.07) is 14.5. The van der Waals surface area contributed by atoms with E-state index in [1.807, 2.05) is 38.1 Å². The highest BCUT2D eigenvalue weighted by atomic mass is 16.5. The first kappa shape index (κ1) is 19.7. The number of para-hydroxylation sites is 4. The zero-order valence-corrected chi connectivity index (χ0v) is 16.1. The van der Waals surface area contributed by atoms with E-state index in [9.17, 15) is 9.59 Å². The smallest absolute Gasteiger partial charge is 0.314 e. The number of benzene rings is 2. The van der Waals surface area contributed by atoms with E-state index >= 15 is 0 Å². The van der Waals surface area contributed by atoms with Crippen molar-refractivity contribution in [1.82, 2.24) is 0 Å². The van der Waals surface area contributed by atoms with Crippen LogP contribution in [0.1, 0.15) is 13.8 Å². The molecule has 3 rings (SSSR count). The van der Waals surface area contributed by atoms with Crippen LogP contribution >= 0.6 is 0 Å². The van der Waals surface area contributed by atoms with E-state index in [0.29, 0.717) is 30.3 Å². The molecule has 7 heteroatoms. The van der Waals surface area contributed by atoms with Crippen LogP contribution in [0.3, 0.4) is 0 Å². The number of carbonyl (C=O) groups excluding carboxylic acids is 2. The second-order valence-electron chi connectivity index (χ2n) is 6.69. The maximum absolute atomic E-state index is 12.5. The van der Waals surface area contributed by atoms with Crippen LogP contribution in [0, 0.1) is 0 Å². The van der Waals surface area contributed by atoms with Crippen LogP contribution in [0.5, 0.6) is 5.75 Å². The number of nitrogens with zero attached hydrogens (tertiary/aromatic N) is 1. The fraction of sp³-hybridized carbons (Fsp3) is 0.333. The average Bonchev–Trinajstić information content (AvgIpc) is 2.70. The first-order valence-corrected chi connectivity index (χ1v) is 9.34. The molecule has 1 aliphatic heterocycles. The molecule has 0 atom stereocenters. The van der Waals surface area contributed by atoms with Crippen molar-refractivity contribution >= 4 is 28.9 Å². The third-order valence-electron chi connectivity index (χ3n) is 4.21. The van der Waals surface area contributed by atoms with Gasteiger partial charge in [-0.2, -0.15) is 0 Å². The van der Waals surface area contributed by atoms with Crippen LogP contribution < -0.4 is 20.3 Å². The lowest BCUT2D eigenvalue weighted by atomic mass is 10.2. The van der Waals surface area contributed by atoms with Crippen molar-refractivity contribution < 1.29 is 19.1 Å². The number of hydrogen-bond donors (Lipinski definition) is 2. The number of amides is 2. The van der Waals surface area contributed by atoms with Gasteiger partial charge >= 0.3 is 11.8 Å². The first-order chi connectivity index (χ1) is 13.5. The lowest BCUT2D eigenvalue weighted by Crippen LogP contribution is -2.37. The molecule has 7 nitrogen and oxygen atoms in total. The largest absolute Gasteiger partial charge is 0.489 e. The van der Waals surface area contributed by atoms with E-state index in [2.05, 4.69) is 15.5 Å². The van der Waals surface area contributed by atoms with Gasteiger partial charge < -0.3 is 25.0 Å². The van der Waals surface area contributed by atoms with Gasteiger partial charge in [-0.05, 0) is 38.1 Å². The molecule has 0 aliphatic carbocycles. The fourth-order valence-electron chi connectivity index (χ4n) is 2.94. The lowest BCUT2D eigenvalue weighted by Gasteiger charge is -2.30. The Balaban J connectivity index is 1.70. The summed E-state index contributed by atoms with van der Waals surface area (Å²) in [5.74, 6) is -0.969. The highest BCUT2D eigenvalue weighted by Crippen LogP contribution is 2.27. The summed E-state index contributed by atoms with van der Waals surface area (Å²) in [5, 5.41) is 5.34. The van der Waals surface area contributed by atoms with Crippen molar-refractivity contribution in [3.05, 3.63) is 48.5 Å². The van der Waals surface area contributed by atoms with Crippen LogP contribution in [-0.2, 0) is 14.3 Å². The van der Waals surface area contributed by atoms with Crippen molar-refractivity contribution in [2.24, 2.45) is 0 Å². The number of morpholine rings is 1. The Kier molecular flexibility index (Phi) is 6.49. The molecule has 0 saturated carbocycles. The second kappa shape index (κ2) is 9.23. The summed E-state index contributed by atoms with van der Waals surface area (Å²) in [5.41, 5.74) is 1.92. The zero-order valence-electron chi connectivity index (χ0n) is 16.1. The summed E-state index contributed by atoms with van der Waals surface area (Å²) in [6.45, 7) is 6.53. The van der Waals surface area contributed by atoms with E-state index in [1.54, 1.807) is 24.3 Å². The Labute approximate surface area is 164 Å². The first-order valence-electron chi connectivity index (χ1n) is 9.34. The van der Waals surface area contributed by atoms with E-state index in [0.717, 1.165) is 18.8 Å². The molecule has 1 aliphatic rings. The molecule has 2 N–H and O–H groups in total. The van der Waals surface area contributed by atoms with Gasteiger partial charge in [0.2, 0.25) is 0 Å². The molecule has 0 radical (unpaired) electrons. The predicted octanol–water partition coefficient (Wildman–Crippen LogP) is 2.89. The third kappa shape index (κ3) is 5.01. The van der Waals surface area contributed by atoms with E-state index in [-0.39, 0.29) is 6.10 Å². The number of rotatable bonds is 5. The van der Waals surface area contributed by atoms with Gasteiger partial charge in [-0.25, -0.2) is 0 Å². The molecule has 2 amide bonds. The minimum atomic E-state index is -0.753. The molecule has 1 saturated heterocycles. The van der Waals surface area contributed by atoms with Gasteiger partial charge in [0.1, 0.15) is 5.75 Å². The zero-order chi connectivity index (χ0) is 19.9. The molecular weight excluding hydrogens is 358 g/mol. The summed E-state index contributed by atoms with van der Waals surface area (Å²) in [4.78, 5) is 27.0. The molecule has 2 aromatic rings. The van der Waals surface area contributed by atoms with Crippen molar-refractivity contribution in [3.63, 3.8) is 0 Å². The Hall–Kier alpha value is -3.06. The molecule has 28 heavy (non-hydrogen) atoms. The van der Waals surface area contributed by atoms with Crippen molar-refractivity contribution in [2.75, 3.05) is 41.8 Å². The monoisotopic (exact) mass is 383 g/mol. The van der Waals surface area contributed by atoms with E-state index in [4.69, 9.17) is 9.47 Å². The van der Waals surface area contributed by atoms with Crippen molar-refractivity contribution in [2.45, 2.75) is 20.0 Å². The number of ether oxygens (including phenoxy) is 2. The van der Waals surface area contributed by atoms with Crippen LogP contribution in [0.25, 0.3) is 0 Å². The van der Waals surface area contributed by atoms with E-state index in [1.165, 1.54) is 0 Å².